The Labute approximate surface area is 167 Å². The van der Waals surface area contributed by atoms with Crippen LogP contribution in [0.4, 0.5) is 5.69 Å². The monoisotopic (exact) mass is 382 g/mol. The summed E-state index contributed by atoms with van der Waals surface area (Å²) in [7, 11) is 1.70. The lowest BCUT2D eigenvalue weighted by Crippen LogP contribution is -2.42. The van der Waals surface area contributed by atoms with E-state index in [1.54, 1.807) is 7.11 Å². The Hall–Kier alpha value is -2.37. The SMILES string of the molecule is COc1ccccc1CCC(C)(C)NCC(O)c1ccc2c(c1)CCC(=O)N2. The first-order valence-electron chi connectivity index (χ1n) is 9.85. The lowest BCUT2D eigenvalue weighted by molar-refractivity contribution is -0.116. The molecule has 0 fully saturated rings. The Morgan fingerprint density at radius 2 is 2.00 bits per heavy atom. The first kappa shape index (κ1) is 20.4. The second-order valence-corrected chi connectivity index (χ2v) is 8.06. The summed E-state index contributed by atoms with van der Waals surface area (Å²) in [4.78, 5) is 11.5. The van der Waals surface area contributed by atoms with Crippen molar-refractivity contribution in [3.63, 3.8) is 0 Å². The van der Waals surface area contributed by atoms with Gasteiger partial charge in [-0.3, -0.25) is 4.79 Å². The second-order valence-electron chi connectivity index (χ2n) is 8.06. The van der Waals surface area contributed by atoms with E-state index in [2.05, 4.69) is 30.5 Å². The van der Waals surface area contributed by atoms with Crippen molar-refractivity contribution >= 4 is 11.6 Å². The molecule has 0 spiro atoms. The molecular formula is C23H30N2O3. The summed E-state index contributed by atoms with van der Waals surface area (Å²) in [6.45, 7) is 4.78. The van der Waals surface area contributed by atoms with Gasteiger partial charge in [0.05, 0.1) is 13.2 Å². The zero-order valence-corrected chi connectivity index (χ0v) is 16.9. The fourth-order valence-electron chi connectivity index (χ4n) is 3.55. The Kier molecular flexibility index (Phi) is 6.37. The van der Waals surface area contributed by atoms with E-state index >= 15 is 0 Å². The molecule has 3 rings (SSSR count). The van der Waals surface area contributed by atoms with Crippen LogP contribution in [0.15, 0.2) is 42.5 Å². The number of nitrogens with one attached hydrogen (secondary N) is 2. The minimum Gasteiger partial charge on any atom is -0.496 e. The van der Waals surface area contributed by atoms with Crippen molar-refractivity contribution in [2.75, 3.05) is 19.0 Å². The van der Waals surface area contributed by atoms with E-state index in [-0.39, 0.29) is 11.4 Å². The number of rotatable bonds is 8. The molecule has 1 unspecified atom stereocenters. The molecular weight excluding hydrogens is 352 g/mol. The Balaban J connectivity index is 1.55. The van der Waals surface area contributed by atoms with Gasteiger partial charge in [0.15, 0.2) is 0 Å². The summed E-state index contributed by atoms with van der Waals surface area (Å²) in [6, 6.07) is 13.9. The highest BCUT2D eigenvalue weighted by Gasteiger charge is 2.21. The summed E-state index contributed by atoms with van der Waals surface area (Å²) >= 11 is 0. The fourth-order valence-corrected chi connectivity index (χ4v) is 3.55. The van der Waals surface area contributed by atoms with Crippen LogP contribution < -0.4 is 15.4 Å². The van der Waals surface area contributed by atoms with Crippen LogP contribution in [0.5, 0.6) is 5.75 Å². The van der Waals surface area contributed by atoms with E-state index in [4.69, 9.17) is 4.74 Å². The van der Waals surface area contributed by atoms with Crippen LogP contribution in [-0.4, -0.2) is 30.2 Å². The number of β-amino-alcohol motifs (C(OH)–C–C–N with tert-alkyl or cyclic N) is 1. The molecule has 1 heterocycles. The molecule has 150 valence electrons. The van der Waals surface area contributed by atoms with Gasteiger partial charge in [0, 0.05) is 24.2 Å². The number of carbonyl (C=O) groups excluding carboxylic acids is 1. The number of hydrogen-bond acceptors (Lipinski definition) is 4. The summed E-state index contributed by atoms with van der Waals surface area (Å²) in [6.07, 6.45) is 2.46. The quantitative estimate of drug-likeness (QED) is 0.652. The maximum atomic E-state index is 11.5. The number of aliphatic hydroxyl groups is 1. The maximum absolute atomic E-state index is 11.5. The Bertz CT molecular complexity index is 832. The highest BCUT2D eigenvalue weighted by atomic mass is 16.5. The normalized spacial score (nSPS) is 14.9. The first-order valence-corrected chi connectivity index (χ1v) is 9.85. The van der Waals surface area contributed by atoms with E-state index in [1.807, 2.05) is 36.4 Å². The van der Waals surface area contributed by atoms with Crippen molar-refractivity contribution in [2.24, 2.45) is 0 Å². The zero-order chi connectivity index (χ0) is 20.1. The molecule has 0 aromatic heterocycles. The molecule has 2 aromatic rings. The molecule has 1 amide bonds. The molecule has 0 aliphatic carbocycles. The van der Waals surface area contributed by atoms with Crippen LogP contribution in [0.1, 0.15) is 49.5 Å². The van der Waals surface area contributed by atoms with E-state index in [1.165, 1.54) is 5.56 Å². The average molecular weight is 383 g/mol. The molecule has 1 atom stereocenters. The summed E-state index contributed by atoms with van der Waals surface area (Å²) in [5, 5.41) is 17.0. The van der Waals surface area contributed by atoms with Crippen molar-refractivity contribution < 1.29 is 14.6 Å². The number of hydrogen-bond donors (Lipinski definition) is 3. The summed E-state index contributed by atoms with van der Waals surface area (Å²) in [5.41, 5.74) is 3.90. The van der Waals surface area contributed by atoms with E-state index in [9.17, 15) is 9.90 Å². The second kappa shape index (κ2) is 8.76. The van der Waals surface area contributed by atoms with E-state index in [0.29, 0.717) is 13.0 Å². The number of amides is 1. The molecule has 5 heteroatoms. The van der Waals surface area contributed by atoms with Crippen LogP contribution in [0.3, 0.4) is 0 Å². The summed E-state index contributed by atoms with van der Waals surface area (Å²) in [5.74, 6) is 0.971. The van der Waals surface area contributed by atoms with E-state index in [0.717, 1.165) is 41.8 Å². The predicted molar refractivity (Wildman–Crippen MR) is 112 cm³/mol. The molecule has 0 bridgehead atoms. The van der Waals surface area contributed by atoms with Crippen LogP contribution in [-0.2, 0) is 17.6 Å². The van der Waals surface area contributed by atoms with Gasteiger partial charge in [0.25, 0.3) is 0 Å². The van der Waals surface area contributed by atoms with Crippen LogP contribution in [0.25, 0.3) is 0 Å². The number of ether oxygens (including phenoxy) is 1. The first-order chi connectivity index (χ1) is 13.4. The molecule has 1 aliphatic rings. The predicted octanol–water partition coefficient (Wildman–Crippen LogP) is 3.61. The molecule has 0 radical (unpaired) electrons. The van der Waals surface area contributed by atoms with Gasteiger partial charge in [-0.1, -0.05) is 30.3 Å². The van der Waals surface area contributed by atoms with Gasteiger partial charge in [0.2, 0.25) is 5.91 Å². The minimum atomic E-state index is -0.589. The van der Waals surface area contributed by atoms with E-state index < -0.39 is 6.10 Å². The van der Waals surface area contributed by atoms with Crippen molar-refractivity contribution in [1.29, 1.82) is 0 Å². The number of anilines is 1. The number of para-hydroxylation sites is 1. The minimum absolute atomic E-state index is 0.0549. The van der Waals surface area contributed by atoms with Gasteiger partial charge >= 0.3 is 0 Å². The highest BCUT2D eigenvalue weighted by molar-refractivity contribution is 5.93. The molecule has 5 nitrogen and oxygen atoms in total. The third-order valence-corrected chi connectivity index (χ3v) is 5.40. The Morgan fingerprint density at radius 1 is 1.21 bits per heavy atom. The number of fused-ring (bicyclic) bond motifs is 1. The number of benzene rings is 2. The standard InChI is InChI=1S/C23H30N2O3/c1-23(2,13-12-16-6-4-5-7-21(16)28-3)24-15-20(26)18-8-10-19-17(14-18)9-11-22(27)25-19/h4-8,10,14,20,24,26H,9,11-13,15H2,1-3H3,(H,25,27). The smallest absolute Gasteiger partial charge is 0.224 e. The van der Waals surface area contributed by atoms with Gasteiger partial charge in [-0.15, -0.1) is 0 Å². The van der Waals surface area contributed by atoms with Gasteiger partial charge in [-0.05, 0) is 61.9 Å². The number of methoxy groups -OCH3 is 1. The average Bonchev–Trinajstić information content (AvgIpc) is 2.70. The largest absolute Gasteiger partial charge is 0.496 e. The molecule has 0 saturated heterocycles. The number of aryl methyl sites for hydroxylation is 2. The lowest BCUT2D eigenvalue weighted by Gasteiger charge is -2.28. The van der Waals surface area contributed by atoms with Crippen molar-refractivity contribution in [3.8, 4) is 5.75 Å². The van der Waals surface area contributed by atoms with Gasteiger partial charge < -0.3 is 20.5 Å². The van der Waals surface area contributed by atoms with Crippen LogP contribution >= 0.6 is 0 Å². The molecule has 2 aromatic carbocycles. The van der Waals surface area contributed by atoms with Gasteiger partial charge in [0.1, 0.15) is 5.75 Å². The lowest BCUT2D eigenvalue weighted by atomic mass is 9.94. The maximum Gasteiger partial charge on any atom is 0.224 e. The van der Waals surface area contributed by atoms with Crippen LogP contribution in [0, 0.1) is 0 Å². The number of aliphatic hydroxyl groups excluding tert-OH is 1. The molecule has 28 heavy (non-hydrogen) atoms. The Morgan fingerprint density at radius 3 is 2.79 bits per heavy atom. The molecule has 1 aliphatic heterocycles. The molecule has 3 N–H and O–H groups in total. The summed E-state index contributed by atoms with van der Waals surface area (Å²) < 4.78 is 5.43. The van der Waals surface area contributed by atoms with Crippen molar-refractivity contribution in [2.45, 2.75) is 51.2 Å². The van der Waals surface area contributed by atoms with Crippen LogP contribution in [0.2, 0.25) is 0 Å². The third-order valence-electron chi connectivity index (χ3n) is 5.40. The van der Waals surface area contributed by atoms with Crippen molar-refractivity contribution in [3.05, 3.63) is 59.2 Å². The zero-order valence-electron chi connectivity index (χ0n) is 16.9. The topological polar surface area (TPSA) is 70.6 Å². The number of carbonyl (C=O) groups is 1. The van der Waals surface area contributed by atoms with Gasteiger partial charge in [-0.2, -0.15) is 0 Å². The highest BCUT2D eigenvalue weighted by Crippen LogP contribution is 2.27. The molecule has 0 saturated carbocycles. The third kappa shape index (κ3) is 5.12. The van der Waals surface area contributed by atoms with Crippen molar-refractivity contribution in [1.82, 2.24) is 5.32 Å². The fraction of sp³-hybridized carbons (Fsp3) is 0.435. The van der Waals surface area contributed by atoms with Gasteiger partial charge in [-0.25, -0.2) is 0 Å².